The van der Waals surface area contributed by atoms with E-state index in [1.165, 1.54) is 0 Å². The minimum absolute atomic E-state index is 0.193. The summed E-state index contributed by atoms with van der Waals surface area (Å²) in [7, 11) is 0. The molecule has 0 aliphatic heterocycles. The van der Waals surface area contributed by atoms with Gasteiger partial charge in [0.25, 0.3) is 0 Å². The summed E-state index contributed by atoms with van der Waals surface area (Å²) in [5, 5.41) is 0. The summed E-state index contributed by atoms with van der Waals surface area (Å²) in [4.78, 5) is 13.8. The average Bonchev–Trinajstić information content (AvgIpc) is 2.15. The summed E-state index contributed by atoms with van der Waals surface area (Å²) in [5.41, 5.74) is 5.39. The van der Waals surface area contributed by atoms with Gasteiger partial charge in [-0.1, -0.05) is 12.2 Å². The summed E-state index contributed by atoms with van der Waals surface area (Å²) in [6, 6.07) is 0. The Morgan fingerprint density at radius 3 is 2.57 bits per heavy atom. The Labute approximate surface area is 95.4 Å². The van der Waals surface area contributed by atoms with Gasteiger partial charge in [-0.2, -0.15) is 11.8 Å². The molecule has 0 radical (unpaired) electrons. The van der Waals surface area contributed by atoms with Crippen LogP contribution in [0.1, 0.15) is 19.8 Å². The maximum atomic E-state index is 11.6. The van der Waals surface area contributed by atoms with Crippen molar-refractivity contribution in [3.8, 4) is 0 Å². The molecule has 5 heteroatoms. The molecule has 3 nitrogen and oxygen atoms in total. The Morgan fingerprint density at radius 1 is 1.50 bits per heavy atom. The molecule has 2 N–H and O–H groups in total. The quantitative estimate of drug-likeness (QED) is 0.674. The van der Waals surface area contributed by atoms with E-state index in [0.717, 1.165) is 12.3 Å². The molecule has 0 spiro atoms. The van der Waals surface area contributed by atoms with E-state index in [1.54, 1.807) is 16.7 Å². The molecule has 1 amide bonds. The van der Waals surface area contributed by atoms with Gasteiger partial charge in [0, 0.05) is 31.7 Å². The molecule has 0 aromatic heterocycles. The zero-order chi connectivity index (χ0) is 11.0. The molecule has 0 saturated carbocycles. The van der Waals surface area contributed by atoms with Gasteiger partial charge in [0.2, 0.25) is 5.91 Å². The third-order valence-electron chi connectivity index (χ3n) is 1.88. The lowest BCUT2D eigenvalue weighted by Crippen LogP contribution is -2.33. The number of carbonyl (C=O) groups excluding carboxylic acids is 1. The van der Waals surface area contributed by atoms with Crippen LogP contribution >= 0.6 is 24.0 Å². The molecule has 0 fully saturated rings. The molecule has 0 aliphatic carbocycles. The zero-order valence-corrected chi connectivity index (χ0v) is 10.4. The summed E-state index contributed by atoms with van der Waals surface area (Å²) < 4.78 is 0. The van der Waals surface area contributed by atoms with Crippen molar-refractivity contribution in [2.45, 2.75) is 19.8 Å². The van der Waals surface area contributed by atoms with Gasteiger partial charge in [-0.15, -0.1) is 0 Å². The summed E-state index contributed by atoms with van der Waals surface area (Å²) in [5.74, 6) is 1.07. The highest BCUT2D eigenvalue weighted by molar-refractivity contribution is 7.98. The van der Waals surface area contributed by atoms with Gasteiger partial charge in [0.05, 0.1) is 4.99 Å². The first-order valence-corrected chi connectivity index (χ1v) is 6.47. The molecule has 0 heterocycles. The fourth-order valence-corrected chi connectivity index (χ4v) is 1.52. The smallest absolute Gasteiger partial charge is 0.223 e. The van der Waals surface area contributed by atoms with Crippen LogP contribution in [-0.4, -0.2) is 40.9 Å². The molecule has 0 bridgehead atoms. The highest BCUT2D eigenvalue weighted by atomic mass is 32.2. The second-order valence-electron chi connectivity index (χ2n) is 2.93. The minimum Gasteiger partial charge on any atom is -0.393 e. The monoisotopic (exact) mass is 234 g/mol. The van der Waals surface area contributed by atoms with Gasteiger partial charge in [0.15, 0.2) is 0 Å². The molecule has 0 saturated heterocycles. The number of rotatable bonds is 7. The van der Waals surface area contributed by atoms with E-state index >= 15 is 0 Å². The van der Waals surface area contributed by atoms with E-state index in [9.17, 15) is 4.79 Å². The average molecular weight is 234 g/mol. The van der Waals surface area contributed by atoms with Gasteiger partial charge in [-0.3, -0.25) is 4.79 Å². The van der Waals surface area contributed by atoms with Crippen molar-refractivity contribution >= 4 is 34.9 Å². The first kappa shape index (κ1) is 13.7. The van der Waals surface area contributed by atoms with Crippen molar-refractivity contribution in [3.05, 3.63) is 0 Å². The molecular weight excluding hydrogens is 216 g/mol. The Hall–Kier alpha value is -0.290. The maximum absolute atomic E-state index is 11.6. The second-order valence-corrected chi connectivity index (χ2v) is 4.44. The number of carbonyl (C=O) groups is 1. The predicted octanol–water partition coefficient (Wildman–Crippen LogP) is 1.26. The van der Waals surface area contributed by atoms with Crippen LogP contribution in [0, 0.1) is 0 Å². The lowest BCUT2D eigenvalue weighted by atomic mass is 10.3. The second kappa shape index (κ2) is 8.05. The number of nitrogens with two attached hydrogens (primary N) is 1. The van der Waals surface area contributed by atoms with E-state index in [-0.39, 0.29) is 5.91 Å². The highest BCUT2D eigenvalue weighted by Gasteiger charge is 2.10. The van der Waals surface area contributed by atoms with E-state index in [4.69, 9.17) is 18.0 Å². The Bertz CT molecular complexity index is 197. The third kappa shape index (κ3) is 6.21. The van der Waals surface area contributed by atoms with Crippen LogP contribution in [-0.2, 0) is 4.79 Å². The number of hydrogen-bond acceptors (Lipinski definition) is 3. The molecule has 0 unspecified atom stereocenters. The van der Waals surface area contributed by atoms with Gasteiger partial charge in [0.1, 0.15) is 0 Å². The Morgan fingerprint density at radius 2 is 2.14 bits per heavy atom. The molecule has 0 atom stereocenters. The fraction of sp³-hybridized carbons (Fsp3) is 0.778. The zero-order valence-electron chi connectivity index (χ0n) is 8.78. The van der Waals surface area contributed by atoms with Gasteiger partial charge >= 0.3 is 0 Å². The summed E-state index contributed by atoms with van der Waals surface area (Å²) in [6.07, 6.45) is 3.22. The van der Waals surface area contributed by atoms with Gasteiger partial charge < -0.3 is 10.6 Å². The first-order valence-electron chi connectivity index (χ1n) is 4.66. The minimum atomic E-state index is 0.193. The van der Waals surface area contributed by atoms with Crippen LogP contribution < -0.4 is 5.73 Å². The number of nitrogens with zero attached hydrogens (tertiary/aromatic N) is 1. The topological polar surface area (TPSA) is 46.3 Å². The summed E-state index contributed by atoms with van der Waals surface area (Å²) >= 11 is 6.46. The largest absolute Gasteiger partial charge is 0.393 e. The van der Waals surface area contributed by atoms with Crippen molar-refractivity contribution in [1.82, 2.24) is 4.90 Å². The van der Waals surface area contributed by atoms with Crippen LogP contribution in [0.4, 0.5) is 0 Å². The van der Waals surface area contributed by atoms with Crippen molar-refractivity contribution in [1.29, 1.82) is 0 Å². The van der Waals surface area contributed by atoms with Crippen LogP contribution in [0.2, 0.25) is 0 Å². The SMILES string of the molecule is CCN(CCC(N)=S)C(=O)CCSC. The van der Waals surface area contributed by atoms with Gasteiger partial charge in [-0.25, -0.2) is 0 Å². The number of thiocarbonyl (C=S) groups is 1. The third-order valence-corrected chi connectivity index (χ3v) is 2.70. The number of thioether (sulfide) groups is 1. The predicted molar refractivity (Wildman–Crippen MR) is 66.7 cm³/mol. The van der Waals surface area contributed by atoms with Crippen LogP contribution in [0.3, 0.4) is 0 Å². The lowest BCUT2D eigenvalue weighted by Gasteiger charge is -2.20. The van der Waals surface area contributed by atoms with E-state index < -0.39 is 0 Å². The van der Waals surface area contributed by atoms with E-state index in [0.29, 0.717) is 24.4 Å². The van der Waals surface area contributed by atoms with Crippen LogP contribution in [0.15, 0.2) is 0 Å². The van der Waals surface area contributed by atoms with Crippen LogP contribution in [0.25, 0.3) is 0 Å². The molecule has 14 heavy (non-hydrogen) atoms. The number of hydrogen-bond donors (Lipinski definition) is 1. The van der Waals surface area contributed by atoms with Crippen molar-refractivity contribution < 1.29 is 4.79 Å². The van der Waals surface area contributed by atoms with Gasteiger partial charge in [-0.05, 0) is 13.2 Å². The van der Waals surface area contributed by atoms with Crippen molar-refractivity contribution in [2.75, 3.05) is 25.1 Å². The molecule has 0 aromatic carbocycles. The summed E-state index contributed by atoms with van der Waals surface area (Å²) in [6.45, 7) is 3.35. The Balaban J connectivity index is 3.86. The molecule has 0 rings (SSSR count). The highest BCUT2D eigenvalue weighted by Crippen LogP contribution is 2.01. The maximum Gasteiger partial charge on any atom is 0.223 e. The van der Waals surface area contributed by atoms with E-state index in [2.05, 4.69) is 0 Å². The van der Waals surface area contributed by atoms with Crippen molar-refractivity contribution in [2.24, 2.45) is 5.73 Å². The molecular formula is C9H18N2OS2. The first-order chi connectivity index (χ1) is 6.61. The molecule has 0 aromatic rings. The number of amides is 1. The Kier molecular flexibility index (Phi) is 7.89. The van der Waals surface area contributed by atoms with E-state index in [1.807, 2.05) is 13.2 Å². The molecule has 82 valence electrons. The molecule has 0 aliphatic rings. The standard InChI is InChI=1S/C9H18N2OS2/c1-3-11(6-4-8(10)13)9(12)5-7-14-2/h3-7H2,1-2H3,(H2,10,13). The lowest BCUT2D eigenvalue weighted by molar-refractivity contribution is -0.130. The fourth-order valence-electron chi connectivity index (χ4n) is 1.05. The normalized spacial score (nSPS) is 9.86. The van der Waals surface area contributed by atoms with Crippen molar-refractivity contribution in [3.63, 3.8) is 0 Å². The van der Waals surface area contributed by atoms with Crippen LogP contribution in [0.5, 0.6) is 0 Å².